The number of fused-ring (bicyclic) bond motifs is 1. The summed E-state index contributed by atoms with van der Waals surface area (Å²) in [5.41, 5.74) is 1.90. The number of pyridine rings is 1. The second-order valence-electron chi connectivity index (χ2n) is 7.74. The van der Waals surface area contributed by atoms with Gasteiger partial charge in [-0.1, -0.05) is 23.7 Å². The van der Waals surface area contributed by atoms with E-state index in [0.29, 0.717) is 10.9 Å². The van der Waals surface area contributed by atoms with Crippen LogP contribution < -0.4 is 9.80 Å². The van der Waals surface area contributed by atoms with E-state index in [9.17, 15) is 0 Å². The smallest absolute Gasteiger partial charge is 0.150 e. The largest absolute Gasteiger partial charge is 0.355 e. The molecule has 5 rings (SSSR count). The number of halogens is 1. The van der Waals surface area contributed by atoms with Gasteiger partial charge in [-0.2, -0.15) is 5.26 Å². The lowest BCUT2D eigenvalue weighted by Gasteiger charge is -2.41. The number of nitrogens with zero attached hydrogens (tertiary/aromatic N) is 6. The van der Waals surface area contributed by atoms with Crippen molar-refractivity contribution in [2.24, 2.45) is 5.92 Å². The van der Waals surface area contributed by atoms with Crippen LogP contribution in [0.1, 0.15) is 24.5 Å². The van der Waals surface area contributed by atoms with Crippen molar-refractivity contribution in [2.75, 3.05) is 36.0 Å². The van der Waals surface area contributed by atoms with Crippen LogP contribution >= 0.6 is 11.6 Å². The molecule has 0 N–H and O–H groups in total. The maximum Gasteiger partial charge on any atom is 0.150 e. The summed E-state index contributed by atoms with van der Waals surface area (Å²) in [5.74, 6) is 2.41. The van der Waals surface area contributed by atoms with Crippen LogP contribution in [0.5, 0.6) is 0 Å². The molecule has 29 heavy (non-hydrogen) atoms. The third-order valence-corrected chi connectivity index (χ3v) is 6.24. The van der Waals surface area contributed by atoms with Crippen molar-refractivity contribution in [2.45, 2.75) is 18.8 Å². The molecule has 0 bridgehead atoms. The number of piperidine rings is 1. The van der Waals surface area contributed by atoms with Gasteiger partial charge in [-0.25, -0.2) is 9.97 Å². The summed E-state index contributed by atoms with van der Waals surface area (Å²) in [6.07, 6.45) is 5.33. The number of benzene rings is 1. The van der Waals surface area contributed by atoms with E-state index in [2.05, 4.69) is 38.0 Å². The molecule has 0 amide bonds. The van der Waals surface area contributed by atoms with E-state index < -0.39 is 0 Å². The normalized spacial score (nSPS) is 17.9. The Morgan fingerprint density at radius 2 is 1.79 bits per heavy atom. The van der Waals surface area contributed by atoms with E-state index in [-0.39, 0.29) is 5.92 Å². The first kappa shape index (κ1) is 18.1. The summed E-state index contributed by atoms with van der Waals surface area (Å²) in [6, 6.07) is 12.4. The number of anilines is 2. The van der Waals surface area contributed by atoms with E-state index in [1.165, 1.54) is 0 Å². The van der Waals surface area contributed by atoms with Gasteiger partial charge in [0.05, 0.1) is 22.3 Å². The van der Waals surface area contributed by atoms with Gasteiger partial charge in [0, 0.05) is 55.8 Å². The number of rotatable bonds is 3. The van der Waals surface area contributed by atoms with Gasteiger partial charge in [0.1, 0.15) is 5.82 Å². The molecule has 0 atom stereocenters. The molecule has 0 aliphatic carbocycles. The molecule has 0 saturated carbocycles. The van der Waals surface area contributed by atoms with Crippen LogP contribution in [-0.2, 0) is 0 Å². The Morgan fingerprint density at radius 3 is 2.59 bits per heavy atom. The molecule has 0 radical (unpaired) electrons. The van der Waals surface area contributed by atoms with Crippen LogP contribution in [0, 0.1) is 17.2 Å². The van der Waals surface area contributed by atoms with Crippen LogP contribution in [0.25, 0.3) is 10.9 Å². The zero-order valence-electron chi connectivity index (χ0n) is 16.0. The number of aromatic nitrogens is 3. The summed E-state index contributed by atoms with van der Waals surface area (Å²) in [7, 11) is 0. The molecule has 2 aliphatic rings. The lowest BCUT2D eigenvalue weighted by molar-refractivity contribution is 0.473. The number of nitriles is 1. The Hall–Kier alpha value is -2.91. The number of hydrogen-bond donors (Lipinski definition) is 0. The maximum atomic E-state index is 9.14. The molecule has 2 aromatic heterocycles. The maximum absolute atomic E-state index is 9.14. The van der Waals surface area contributed by atoms with Gasteiger partial charge in [0.2, 0.25) is 0 Å². The molecule has 7 heteroatoms. The van der Waals surface area contributed by atoms with Gasteiger partial charge >= 0.3 is 0 Å². The van der Waals surface area contributed by atoms with E-state index in [4.69, 9.17) is 21.8 Å². The van der Waals surface area contributed by atoms with E-state index in [1.807, 2.05) is 18.2 Å². The van der Waals surface area contributed by atoms with Crippen molar-refractivity contribution < 1.29 is 0 Å². The SMILES string of the molecule is N#CC1CCN(c2nccnc2C2CN(c3ccc4cccc(Cl)c4n3)C2)CC1. The Balaban J connectivity index is 1.33. The Bertz CT molecular complexity index is 1080. The van der Waals surface area contributed by atoms with E-state index >= 15 is 0 Å². The van der Waals surface area contributed by atoms with Crippen LogP contribution in [-0.4, -0.2) is 41.1 Å². The Labute approximate surface area is 174 Å². The first-order valence-corrected chi connectivity index (χ1v) is 10.4. The van der Waals surface area contributed by atoms with Crippen molar-refractivity contribution in [3.05, 3.63) is 53.4 Å². The fourth-order valence-electron chi connectivity index (χ4n) is 4.21. The highest BCUT2D eigenvalue weighted by atomic mass is 35.5. The minimum atomic E-state index is 0.163. The quantitative estimate of drug-likeness (QED) is 0.656. The van der Waals surface area contributed by atoms with Gasteiger partial charge in [0.15, 0.2) is 5.82 Å². The van der Waals surface area contributed by atoms with Gasteiger partial charge in [-0.3, -0.25) is 4.98 Å². The molecule has 2 fully saturated rings. The molecule has 2 aliphatic heterocycles. The number of hydrogen-bond acceptors (Lipinski definition) is 6. The minimum absolute atomic E-state index is 0.163. The topological polar surface area (TPSA) is 68.9 Å². The monoisotopic (exact) mass is 404 g/mol. The molecule has 4 heterocycles. The molecular weight excluding hydrogens is 384 g/mol. The van der Waals surface area contributed by atoms with Crippen molar-refractivity contribution in [3.8, 4) is 6.07 Å². The number of para-hydroxylation sites is 1. The second kappa shape index (κ2) is 7.49. The Kier molecular flexibility index (Phi) is 4.69. The molecule has 1 aromatic carbocycles. The molecule has 0 unspecified atom stereocenters. The van der Waals surface area contributed by atoms with Gasteiger partial charge in [-0.15, -0.1) is 0 Å². The highest BCUT2D eigenvalue weighted by Gasteiger charge is 2.34. The summed E-state index contributed by atoms with van der Waals surface area (Å²) >= 11 is 6.32. The molecule has 2 saturated heterocycles. The third-order valence-electron chi connectivity index (χ3n) is 5.93. The third kappa shape index (κ3) is 3.36. The van der Waals surface area contributed by atoms with Crippen molar-refractivity contribution in [1.82, 2.24) is 15.0 Å². The predicted octanol–water partition coefficient (Wildman–Crippen LogP) is 4.02. The van der Waals surface area contributed by atoms with Crippen LogP contribution in [0.15, 0.2) is 42.7 Å². The van der Waals surface area contributed by atoms with Gasteiger partial charge in [0.25, 0.3) is 0 Å². The van der Waals surface area contributed by atoms with Gasteiger partial charge < -0.3 is 9.80 Å². The highest BCUT2D eigenvalue weighted by molar-refractivity contribution is 6.35. The standard InChI is InChI=1S/C22H21ClN6/c23-18-3-1-2-16-4-5-19(27-20(16)18)29-13-17(14-29)21-22(26-9-8-25-21)28-10-6-15(12-24)7-11-28/h1-5,8-9,15,17H,6-7,10-11,13-14H2. The first-order valence-electron chi connectivity index (χ1n) is 9.98. The van der Waals surface area contributed by atoms with Crippen molar-refractivity contribution >= 4 is 34.1 Å². The average molecular weight is 405 g/mol. The van der Waals surface area contributed by atoms with Crippen LogP contribution in [0.3, 0.4) is 0 Å². The van der Waals surface area contributed by atoms with E-state index in [1.54, 1.807) is 12.4 Å². The molecular formula is C22H21ClN6. The van der Waals surface area contributed by atoms with Crippen LogP contribution in [0.2, 0.25) is 5.02 Å². The average Bonchev–Trinajstić information content (AvgIpc) is 2.74. The molecule has 0 spiro atoms. The highest BCUT2D eigenvalue weighted by Crippen LogP contribution is 2.35. The summed E-state index contributed by atoms with van der Waals surface area (Å²) in [5, 5.41) is 10.9. The molecule has 146 valence electrons. The van der Waals surface area contributed by atoms with E-state index in [0.717, 1.165) is 67.3 Å². The summed E-state index contributed by atoms with van der Waals surface area (Å²) in [4.78, 5) is 18.6. The van der Waals surface area contributed by atoms with Crippen molar-refractivity contribution in [3.63, 3.8) is 0 Å². The zero-order chi connectivity index (χ0) is 19.8. The fourth-order valence-corrected chi connectivity index (χ4v) is 4.43. The predicted molar refractivity (Wildman–Crippen MR) is 114 cm³/mol. The minimum Gasteiger partial charge on any atom is -0.355 e. The Morgan fingerprint density at radius 1 is 1.00 bits per heavy atom. The molecule has 6 nitrogen and oxygen atoms in total. The fraction of sp³-hybridized carbons (Fsp3) is 0.364. The lowest BCUT2D eigenvalue weighted by Crippen LogP contribution is -2.47. The van der Waals surface area contributed by atoms with Gasteiger partial charge in [-0.05, 0) is 31.0 Å². The zero-order valence-corrected chi connectivity index (χ0v) is 16.8. The van der Waals surface area contributed by atoms with Crippen molar-refractivity contribution in [1.29, 1.82) is 5.26 Å². The molecule has 3 aromatic rings. The summed E-state index contributed by atoms with van der Waals surface area (Å²) < 4.78 is 0. The second-order valence-corrected chi connectivity index (χ2v) is 8.15. The van der Waals surface area contributed by atoms with Crippen LogP contribution in [0.4, 0.5) is 11.6 Å². The summed E-state index contributed by atoms with van der Waals surface area (Å²) in [6.45, 7) is 3.46. The first-order chi connectivity index (χ1) is 14.2. The lowest BCUT2D eigenvalue weighted by atomic mass is 9.94.